The first kappa shape index (κ1) is 16.2. The molecule has 0 unspecified atom stereocenters. The lowest BCUT2D eigenvalue weighted by Crippen LogP contribution is -2.31. The van der Waals surface area contributed by atoms with Crippen LogP contribution in [0.25, 0.3) is 0 Å². The molecule has 0 aromatic heterocycles. The van der Waals surface area contributed by atoms with Crippen molar-refractivity contribution in [3.8, 4) is 0 Å². The number of allylic oxidation sites excluding steroid dienone is 1. The van der Waals surface area contributed by atoms with Gasteiger partial charge in [0.15, 0.2) is 0 Å². The molecular formula is C14H28N2O. The summed E-state index contributed by atoms with van der Waals surface area (Å²) in [6, 6.07) is 0. The lowest BCUT2D eigenvalue weighted by molar-refractivity contribution is -0.116. The fraction of sp³-hybridized carbons (Fsp3) is 0.786. The molecule has 3 heteroatoms. The summed E-state index contributed by atoms with van der Waals surface area (Å²) in [5, 5.41) is 2.87. The maximum Gasteiger partial charge on any atom is 0.243 e. The molecule has 0 aliphatic rings. The Balaban J connectivity index is 3.30. The first-order valence-corrected chi connectivity index (χ1v) is 6.69. The predicted molar refractivity (Wildman–Crippen MR) is 73.8 cm³/mol. The predicted octanol–water partition coefficient (Wildman–Crippen LogP) is 2.76. The van der Waals surface area contributed by atoms with E-state index in [1.807, 2.05) is 13.0 Å². The molecule has 3 nitrogen and oxygen atoms in total. The van der Waals surface area contributed by atoms with Gasteiger partial charge in [0.1, 0.15) is 0 Å². The van der Waals surface area contributed by atoms with E-state index >= 15 is 0 Å². The lowest BCUT2D eigenvalue weighted by Gasteiger charge is -2.17. The standard InChI is InChI=1S/C14H28N2O/c1-4-5-10-13(17)16-12-9-7-6-8-11-14(2,3)15/h5,10H,4,6-9,11-12,15H2,1-3H3,(H,16,17)/b10-5+. The first-order chi connectivity index (χ1) is 7.95. The highest BCUT2D eigenvalue weighted by Crippen LogP contribution is 2.11. The van der Waals surface area contributed by atoms with Gasteiger partial charge < -0.3 is 11.1 Å². The van der Waals surface area contributed by atoms with Crippen molar-refractivity contribution < 1.29 is 4.79 Å². The molecule has 0 fully saturated rings. The van der Waals surface area contributed by atoms with Crippen LogP contribution in [0.4, 0.5) is 0 Å². The number of carbonyl (C=O) groups is 1. The van der Waals surface area contributed by atoms with Gasteiger partial charge in [-0.2, -0.15) is 0 Å². The number of carbonyl (C=O) groups excluding carboxylic acids is 1. The van der Waals surface area contributed by atoms with E-state index in [1.165, 1.54) is 12.8 Å². The molecule has 0 aromatic carbocycles. The number of hydrogen-bond acceptors (Lipinski definition) is 2. The average Bonchev–Trinajstić information content (AvgIpc) is 2.23. The summed E-state index contributed by atoms with van der Waals surface area (Å²) in [6.45, 7) is 6.92. The van der Waals surface area contributed by atoms with Gasteiger partial charge in [0.05, 0.1) is 0 Å². The Morgan fingerprint density at radius 2 is 1.88 bits per heavy atom. The Bertz CT molecular complexity index is 229. The highest BCUT2D eigenvalue weighted by atomic mass is 16.1. The molecule has 0 spiro atoms. The van der Waals surface area contributed by atoms with Crippen molar-refractivity contribution in [2.75, 3.05) is 6.54 Å². The third-order valence-corrected chi connectivity index (χ3v) is 2.55. The van der Waals surface area contributed by atoms with Crippen LogP contribution in [0.15, 0.2) is 12.2 Å². The van der Waals surface area contributed by atoms with E-state index in [2.05, 4.69) is 19.2 Å². The van der Waals surface area contributed by atoms with Gasteiger partial charge >= 0.3 is 0 Å². The molecular weight excluding hydrogens is 212 g/mol. The second kappa shape index (κ2) is 9.23. The minimum absolute atomic E-state index is 0.0231. The van der Waals surface area contributed by atoms with Crippen LogP contribution in [0.1, 0.15) is 59.3 Å². The maximum atomic E-state index is 11.2. The van der Waals surface area contributed by atoms with Crippen LogP contribution in [0, 0.1) is 0 Å². The van der Waals surface area contributed by atoms with Gasteiger partial charge in [-0.05, 0) is 39.2 Å². The van der Waals surface area contributed by atoms with E-state index < -0.39 is 0 Å². The minimum atomic E-state index is -0.0425. The maximum absolute atomic E-state index is 11.2. The second-order valence-electron chi connectivity index (χ2n) is 5.25. The van der Waals surface area contributed by atoms with Crippen molar-refractivity contribution in [3.63, 3.8) is 0 Å². The van der Waals surface area contributed by atoms with Gasteiger partial charge in [0.2, 0.25) is 5.91 Å². The fourth-order valence-corrected chi connectivity index (χ4v) is 1.55. The number of rotatable bonds is 9. The van der Waals surface area contributed by atoms with Crippen molar-refractivity contribution in [1.82, 2.24) is 5.32 Å². The third-order valence-electron chi connectivity index (χ3n) is 2.55. The molecule has 17 heavy (non-hydrogen) atoms. The van der Waals surface area contributed by atoms with E-state index in [-0.39, 0.29) is 11.4 Å². The summed E-state index contributed by atoms with van der Waals surface area (Å²) in [5.74, 6) is 0.0231. The highest BCUT2D eigenvalue weighted by Gasteiger charge is 2.08. The summed E-state index contributed by atoms with van der Waals surface area (Å²) in [6.07, 6.45) is 10.0. The van der Waals surface area contributed by atoms with Crippen LogP contribution in [0.5, 0.6) is 0 Å². The minimum Gasteiger partial charge on any atom is -0.353 e. The van der Waals surface area contributed by atoms with Crippen molar-refractivity contribution in [1.29, 1.82) is 0 Å². The molecule has 0 atom stereocenters. The molecule has 0 radical (unpaired) electrons. The molecule has 1 amide bonds. The SMILES string of the molecule is CC/C=C/C(=O)NCCCCCCC(C)(C)N. The van der Waals surface area contributed by atoms with Gasteiger partial charge in [0.25, 0.3) is 0 Å². The molecule has 0 aromatic rings. The zero-order chi connectivity index (χ0) is 13.1. The Labute approximate surface area is 106 Å². The van der Waals surface area contributed by atoms with Gasteiger partial charge in [-0.1, -0.05) is 32.3 Å². The van der Waals surface area contributed by atoms with Crippen LogP contribution in [0.2, 0.25) is 0 Å². The molecule has 0 saturated heterocycles. The van der Waals surface area contributed by atoms with E-state index in [0.29, 0.717) is 0 Å². The average molecular weight is 240 g/mol. The molecule has 3 N–H and O–H groups in total. The van der Waals surface area contributed by atoms with Crippen molar-refractivity contribution in [3.05, 3.63) is 12.2 Å². The summed E-state index contributed by atoms with van der Waals surface area (Å²) in [5.41, 5.74) is 5.86. The Morgan fingerprint density at radius 1 is 1.24 bits per heavy atom. The van der Waals surface area contributed by atoms with Crippen molar-refractivity contribution >= 4 is 5.91 Å². The summed E-state index contributed by atoms with van der Waals surface area (Å²) >= 11 is 0. The van der Waals surface area contributed by atoms with E-state index in [1.54, 1.807) is 6.08 Å². The van der Waals surface area contributed by atoms with Crippen molar-refractivity contribution in [2.45, 2.75) is 64.8 Å². The normalized spacial score (nSPS) is 12.0. The van der Waals surface area contributed by atoms with Crippen LogP contribution < -0.4 is 11.1 Å². The summed E-state index contributed by atoms with van der Waals surface area (Å²) in [7, 11) is 0. The van der Waals surface area contributed by atoms with Crippen LogP contribution >= 0.6 is 0 Å². The smallest absolute Gasteiger partial charge is 0.243 e. The molecule has 100 valence electrons. The number of amides is 1. The number of nitrogens with two attached hydrogens (primary N) is 1. The Kier molecular flexibility index (Phi) is 8.78. The molecule has 0 aliphatic heterocycles. The Hall–Kier alpha value is -0.830. The van der Waals surface area contributed by atoms with Gasteiger partial charge in [-0.3, -0.25) is 4.79 Å². The second-order valence-corrected chi connectivity index (χ2v) is 5.25. The van der Waals surface area contributed by atoms with E-state index in [4.69, 9.17) is 5.73 Å². The first-order valence-electron chi connectivity index (χ1n) is 6.69. The highest BCUT2D eigenvalue weighted by molar-refractivity contribution is 5.87. The van der Waals surface area contributed by atoms with Crippen molar-refractivity contribution in [2.24, 2.45) is 5.73 Å². The van der Waals surface area contributed by atoms with E-state index in [9.17, 15) is 4.79 Å². The lowest BCUT2D eigenvalue weighted by atomic mass is 9.98. The van der Waals surface area contributed by atoms with Crippen LogP contribution in [-0.2, 0) is 4.79 Å². The number of unbranched alkanes of at least 4 members (excludes halogenated alkanes) is 3. The molecule has 0 saturated carbocycles. The fourth-order valence-electron chi connectivity index (χ4n) is 1.55. The molecule has 0 bridgehead atoms. The van der Waals surface area contributed by atoms with Gasteiger partial charge in [-0.15, -0.1) is 0 Å². The van der Waals surface area contributed by atoms with Gasteiger partial charge in [0, 0.05) is 12.1 Å². The molecule has 0 rings (SSSR count). The van der Waals surface area contributed by atoms with Crippen LogP contribution in [-0.4, -0.2) is 18.0 Å². The monoisotopic (exact) mass is 240 g/mol. The van der Waals surface area contributed by atoms with Crippen LogP contribution in [0.3, 0.4) is 0 Å². The Morgan fingerprint density at radius 3 is 2.47 bits per heavy atom. The zero-order valence-corrected chi connectivity index (χ0v) is 11.6. The molecule has 0 heterocycles. The largest absolute Gasteiger partial charge is 0.353 e. The van der Waals surface area contributed by atoms with Gasteiger partial charge in [-0.25, -0.2) is 0 Å². The summed E-state index contributed by atoms with van der Waals surface area (Å²) < 4.78 is 0. The van der Waals surface area contributed by atoms with E-state index in [0.717, 1.165) is 32.2 Å². The zero-order valence-electron chi connectivity index (χ0n) is 11.6. The topological polar surface area (TPSA) is 55.1 Å². The summed E-state index contributed by atoms with van der Waals surface area (Å²) in [4.78, 5) is 11.2. The third kappa shape index (κ3) is 13.1. The molecule has 0 aliphatic carbocycles. The number of hydrogen-bond donors (Lipinski definition) is 2. The quantitative estimate of drug-likeness (QED) is 0.481. The number of nitrogens with one attached hydrogen (secondary N) is 1.